The van der Waals surface area contributed by atoms with Crippen molar-refractivity contribution < 1.29 is 0 Å². The molecule has 0 amide bonds. The first kappa shape index (κ1) is 10.9. The smallest absolute Gasteiger partial charge is 0.214 e. The van der Waals surface area contributed by atoms with Crippen LogP contribution in [-0.4, -0.2) is 13.8 Å². The molecule has 0 aromatic heterocycles. The lowest BCUT2D eigenvalue weighted by molar-refractivity contribution is 0.804. The molecule has 1 rings (SSSR count). The summed E-state index contributed by atoms with van der Waals surface area (Å²) in [6.45, 7) is 0.798. The van der Waals surface area contributed by atoms with E-state index in [-0.39, 0.29) is 0 Å². The molecule has 0 saturated heterocycles. The van der Waals surface area contributed by atoms with Gasteiger partial charge >= 0.3 is 0 Å². The minimum atomic E-state index is 0.798. The normalized spacial score (nSPS) is 8.93. The van der Waals surface area contributed by atoms with Gasteiger partial charge in [-0.1, -0.05) is 36.9 Å². The first-order chi connectivity index (χ1) is 6.93. The predicted molar refractivity (Wildman–Crippen MR) is 63.6 cm³/mol. The van der Waals surface area contributed by atoms with Crippen LogP contribution in [0.1, 0.15) is 18.4 Å². The SMILES string of the molecule is NCCCCBC#Cc1ccccc1. The molecule has 0 radical (unpaired) electrons. The maximum atomic E-state index is 5.40. The summed E-state index contributed by atoms with van der Waals surface area (Å²) < 4.78 is 0. The van der Waals surface area contributed by atoms with E-state index in [0.29, 0.717) is 0 Å². The second kappa shape index (κ2) is 7.23. The minimum absolute atomic E-state index is 0.798. The number of rotatable bonds is 4. The van der Waals surface area contributed by atoms with Crippen LogP contribution in [0.25, 0.3) is 0 Å². The van der Waals surface area contributed by atoms with Crippen LogP contribution in [0.2, 0.25) is 6.32 Å². The van der Waals surface area contributed by atoms with E-state index in [9.17, 15) is 0 Å². The van der Waals surface area contributed by atoms with Gasteiger partial charge in [0.15, 0.2) is 0 Å². The molecular weight excluding hydrogens is 169 g/mol. The Morgan fingerprint density at radius 3 is 2.64 bits per heavy atom. The van der Waals surface area contributed by atoms with Crippen molar-refractivity contribution in [3.63, 3.8) is 0 Å². The Morgan fingerprint density at radius 1 is 1.14 bits per heavy atom. The molecule has 0 heterocycles. The van der Waals surface area contributed by atoms with Gasteiger partial charge < -0.3 is 5.73 Å². The van der Waals surface area contributed by atoms with Crippen LogP contribution >= 0.6 is 0 Å². The number of hydrogen-bond acceptors (Lipinski definition) is 1. The Bertz CT molecular complexity index is 297. The van der Waals surface area contributed by atoms with Crippen molar-refractivity contribution in [2.24, 2.45) is 5.73 Å². The monoisotopic (exact) mass is 185 g/mol. The van der Waals surface area contributed by atoms with Gasteiger partial charge in [-0.3, -0.25) is 0 Å². The van der Waals surface area contributed by atoms with Gasteiger partial charge in [-0.2, -0.15) is 5.82 Å². The van der Waals surface area contributed by atoms with Crippen molar-refractivity contribution >= 4 is 7.28 Å². The molecular formula is C12H16BN. The molecule has 0 unspecified atom stereocenters. The number of benzene rings is 1. The fourth-order valence-corrected chi connectivity index (χ4v) is 1.22. The maximum absolute atomic E-state index is 5.40. The summed E-state index contributed by atoms with van der Waals surface area (Å²) in [6.07, 6.45) is 3.48. The summed E-state index contributed by atoms with van der Waals surface area (Å²) in [5, 5.41) is 0. The molecule has 0 saturated carbocycles. The van der Waals surface area contributed by atoms with Crippen LogP contribution < -0.4 is 5.73 Å². The van der Waals surface area contributed by atoms with Crippen molar-refractivity contribution in [1.29, 1.82) is 0 Å². The molecule has 0 aliphatic rings. The zero-order valence-corrected chi connectivity index (χ0v) is 8.50. The molecule has 14 heavy (non-hydrogen) atoms. The summed E-state index contributed by atoms with van der Waals surface area (Å²) in [5.41, 5.74) is 6.50. The van der Waals surface area contributed by atoms with Crippen LogP contribution in [0.3, 0.4) is 0 Å². The molecule has 1 aromatic rings. The molecule has 2 heteroatoms. The molecule has 0 aliphatic carbocycles. The highest BCUT2D eigenvalue weighted by atomic mass is 14.5. The second-order valence-corrected chi connectivity index (χ2v) is 3.27. The Labute approximate surface area is 86.9 Å². The predicted octanol–water partition coefficient (Wildman–Crippen LogP) is 1.59. The maximum Gasteiger partial charge on any atom is 0.214 e. The summed E-state index contributed by atoms with van der Waals surface area (Å²) in [5.74, 6) is 6.31. The summed E-state index contributed by atoms with van der Waals surface area (Å²) in [6, 6.07) is 10.1. The van der Waals surface area contributed by atoms with E-state index in [4.69, 9.17) is 5.73 Å². The van der Waals surface area contributed by atoms with Gasteiger partial charge in [-0.25, -0.2) is 0 Å². The van der Waals surface area contributed by atoms with Crippen molar-refractivity contribution in [1.82, 2.24) is 0 Å². The lowest BCUT2D eigenvalue weighted by Gasteiger charge is -1.91. The summed E-state index contributed by atoms with van der Waals surface area (Å²) in [4.78, 5) is 0. The van der Waals surface area contributed by atoms with Gasteiger partial charge in [0.1, 0.15) is 0 Å². The van der Waals surface area contributed by atoms with Gasteiger partial charge in [-0.05, 0) is 25.1 Å². The Hall–Kier alpha value is -1.20. The van der Waals surface area contributed by atoms with E-state index >= 15 is 0 Å². The first-order valence-electron chi connectivity index (χ1n) is 5.17. The zero-order chi connectivity index (χ0) is 10.1. The van der Waals surface area contributed by atoms with E-state index in [1.165, 1.54) is 6.42 Å². The molecule has 0 spiro atoms. The molecule has 1 nitrogen and oxygen atoms in total. The van der Waals surface area contributed by atoms with Crippen LogP contribution in [-0.2, 0) is 0 Å². The second-order valence-electron chi connectivity index (χ2n) is 3.27. The van der Waals surface area contributed by atoms with Gasteiger partial charge in [0.25, 0.3) is 0 Å². The topological polar surface area (TPSA) is 26.0 Å². The Morgan fingerprint density at radius 2 is 1.93 bits per heavy atom. The van der Waals surface area contributed by atoms with Gasteiger partial charge in [0.2, 0.25) is 7.28 Å². The van der Waals surface area contributed by atoms with Crippen molar-refractivity contribution in [2.75, 3.05) is 6.54 Å². The zero-order valence-electron chi connectivity index (χ0n) is 8.50. The molecule has 0 fully saturated rings. The van der Waals surface area contributed by atoms with Gasteiger partial charge in [0, 0.05) is 5.56 Å². The molecule has 1 aromatic carbocycles. The highest BCUT2D eigenvalue weighted by molar-refractivity contribution is 6.46. The molecule has 72 valence electrons. The van der Waals surface area contributed by atoms with Crippen molar-refractivity contribution in [3.05, 3.63) is 35.9 Å². The lowest BCUT2D eigenvalue weighted by atomic mass is 9.74. The van der Waals surface area contributed by atoms with Crippen LogP contribution in [0.5, 0.6) is 0 Å². The summed E-state index contributed by atoms with van der Waals surface area (Å²) in [7, 11) is 0.981. The third-order valence-corrected chi connectivity index (χ3v) is 2.01. The third kappa shape index (κ3) is 4.74. The van der Waals surface area contributed by atoms with E-state index in [0.717, 1.165) is 32.1 Å². The first-order valence-corrected chi connectivity index (χ1v) is 5.17. The van der Waals surface area contributed by atoms with E-state index in [2.05, 4.69) is 11.7 Å². The largest absolute Gasteiger partial charge is 0.330 e. The van der Waals surface area contributed by atoms with Crippen LogP contribution in [0, 0.1) is 11.7 Å². The minimum Gasteiger partial charge on any atom is -0.330 e. The highest BCUT2D eigenvalue weighted by Crippen LogP contribution is 1.95. The molecule has 0 aliphatic heterocycles. The fourth-order valence-electron chi connectivity index (χ4n) is 1.22. The lowest BCUT2D eigenvalue weighted by Crippen LogP contribution is -1.98. The molecule has 0 atom stereocenters. The van der Waals surface area contributed by atoms with E-state index in [1.54, 1.807) is 0 Å². The average Bonchev–Trinajstić information content (AvgIpc) is 2.25. The van der Waals surface area contributed by atoms with Crippen molar-refractivity contribution in [3.8, 4) is 11.7 Å². The quantitative estimate of drug-likeness (QED) is 0.430. The number of nitrogens with two attached hydrogens (primary N) is 1. The van der Waals surface area contributed by atoms with E-state index < -0.39 is 0 Å². The highest BCUT2D eigenvalue weighted by Gasteiger charge is 1.87. The number of hydrogen-bond donors (Lipinski definition) is 1. The Kier molecular flexibility index (Phi) is 5.62. The molecule has 0 bridgehead atoms. The summed E-state index contributed by atoms with van der Waals surface area (Å²) >= 11 is 0. The van der Waals surface area contributed by atoms with Crippen molar-refractivity contribution in [2.45, 2.75) is 19.2 Å². The molecule has 2 N–H and O–H groups in total. The van der Waals surface area contributed by atoms with Crippen LogP contribution in [0.4, 0.5) is 0 Å². The van der Waals surface area contributed by atoms with Gasteiger partial charge in [-0.15, -0.1) is 0 Å². The average molecular weight is 185 g/mol. The van der Waals surface area contributed by atoms with E-state index in [1.807, 2.05) is 30.3 Å². The Balaban J connectivity index is 2.21. The third-order valence-electron chi connectivity index (χ3n) is 2.01. The van der Waals surface area contributed by atoms with Gasteiger partial charge in [0.05, 0.1) is 0 Å². The van der Waals surface area contributed by atoms with Crippen LogP contribution in [0.15, 0.2) is 30.3 Å². The fraction of sp³-hybridized carbons (Fsp3) is 0.333. The standard InChI is InChI=1S/C12H16BN/c14-11-5-4-9-13-10-8-12-6-2-1-3-7-12/h1-3,6-7,13H,4-5,9,11,14H2. The number of unbranched alkanes of at least 4 members (excludes halogenated alkanes) is 1.